The lowest BCUT2D eigenvalue weighted by Gasteiger charge is -2.19. The Morgan fingerprint density at radius 3 is 2.85 bits per heavy atom. The average molecular weight is 407 g/mol. The van der Waals surface area contributed by atoms with Crippen molar-refractivity contribution < 1.29 is 19.4 Å². The van der Waals surface area contributed by atoms with Crippen LogP contribution in [0.2, 0.25) is 5.02 Å². The molecule has 3 rings (SSSR count). The predicted octanol–water partition coefficient (Wildman–Crippen LogP) is 5.73. The maximum atomic E-state index is 12.2. The van der Waals surface area contributed by atoms with Crippen molar-refractivity contribution in [2.75, 3.05) is 6.61 Å². The van der Waals surface area contributed by atoms with Crippen LogP contribution in [-0.2, 0) is 9.59 Å². The van der Waals surface area contributed by atoms with Gasteiger partial charge < -0.3 is 9.84 Å². The highest BCUT2D eigenvalue weighted by Gasteiger charge is 2.30. The fraction of sp³-hybridized carbons (Fsp3) is 0.429. The molecule has 0 fully saturated rings. The quantitative estimate of drug-likeness (QED) is 0.511. The van der Waals surface area contributed by atoms with Crippen LogP contribution >= 0.6 is 22.9 Å². The highest BCUT2D eigenvalue weighted by molar-refractivity contribution is 7.17. The van der Waals surface area contributed by atoms with E-state index in [-0.39, 0.29) is 24.0 Å². The zero-order valence-corrected chi connectivity index (χ0v) is 16.6. The van der Waals surface area contributed by atoms with Crippen LogP contribution in [0, 0.1) is 11.8 Å². The molecule has 1 aliphatic rings. The predicted molar refractivity (Wildman–Crippen MR) is 109 cm³/mol. The van der Waals surface area contributed by atoms with Gasteiger partial charge >= 0.3 is 5.97 Å². The number of allylic oxidation sites excluding steroid dienone is 2. The first kappa shape index (κ1) is 19.9. The second-order valence-corrected chi connectivity index (χ2v) is 8.22. The Hall–Kier alpha value is -1.85. The number of thiophene rings is 1. The van der Waals surface area contributed by atoms with E-state index in [1.165, 1.54) is 0 Å². The van der Waals surface area contributed by atoms with E-state index in [9.17, 15) is 9.59 Å². The molecule has 2 atom stereocenters. The SMILES string of the molecule is O=C(O)CCCCCC[C@H]1C=CC(=O)[C@@H]1COc1cccc2scc(Cl)c12. The number of ketones is 1. The van der Waals surface area contributed by atoms with Gasteiger partial charge in [0.1, 0.15) is 5.75 Å². The number of unbranched alkanes of at least 4 members (excludes halogenated alkanes) is 3. The van der Waals surface area contributed by atoms with E-state index in [2.05, 4.69) is 0 Å². The topological polar surface area (TPSA) is 63.6 Å². The molecule has 1 aliphatic carbocycles. The standard InChI is InChI=1S/C21H23ClO4S/c22-16-13-27-19-8-5-7-18(21(16)19)26-12-15-14(10-11-17(15)23)6-3-1-2-4-9-20(24)25/h5,7-8,10-11,13-15H,1-4,6,9,12H2,(H,24,25)/t14-,15+/m0/s1. The third kappa shape index (κ3) is 5.11. The number of fused-ring (bicyclic) bond motifs is 1. The number of hydrogen-bond donors (Lipinski definition) is 1. The van der Waals surface area contributed by atoms with Gasteiger partial charge in [-0.2, -0.15) is 0 Å². The maximum absolute atomic E-state index is 12.2. The van der Waals surface area contributed by atoms with Gasteiger partial charge in [0.15, 0.2) is 5.78 Å². The molecule has 6 heteroatoms. The molecule has 1 N–H and O–H groups in total. The fourth-order valence-corrected chi connectivity index (χ4v) is 4.74. The monoisotopic (exact) mass is 406 g/mol. The molecule has 4 nitrogen and oxygen atoms in total. The molecule has 0 aliphatic heterocycles. The van der Waals surface area contributed by atoms with E-state index >= 15 is 0 Å². The normalized spacial score (nSPS) is 19.1. The van der Waals surface area contributed by atoms with Crippen molar-refractivity contribution in [2.24, 2.45) is 11.8 Å². The Morgan fingerprint density at radius 1 is 1.22 bits per heavy atom. The number of carboxylic acids is 1. The van der Waals surface area contributed by atoms with Crippen molar-refractivity contribution in [3.8, 4) is 5.75 Å². The number of benzene rings is 1. The molecule has 0 radical (unpaired) electrons. The number of ether oxygens (including phenoxy) is 1. The zero-order chi connectivity index (χ0) is 19.2. The summed E-state index contributed by atoms with van der Waals surface area (Å²) in [4.78, 5) is 22.8. The van der Waals surface area contributed by atoms with Gasteiger partial charge in [0, 0.05) is 16.5 Å². The summed E-state index contributed by atoms with van der Waals surface area (Å²) < 4.78 is 7.09. The van der Waals surface area contributed by atoms with Gasteiger partial charge in [-0.15, -0.1) is 11.3 Å². The Bertz CT molecular complexity index is 842. The number of carbonyl (C=O) groups excluding carboxylic acids is 1. The summed E-state index contributed by atoms with van der Waals surface area (Å²) >= 11 is 7.85. The molecule has 0 bridgehead atoms. The van der Waals surface area contributed by atoms with Gasteiger partial charge in [-0.3, -0.25) is 9.59 Å². The Balaban J connectivity index is 1.51. The fourth-order valence-electron chi connectivity index (χ4n) is 3.52. The van der Waals surface area contributed by atoms with E-state index < -0.39 is 5.97 Å². The minimum Gasteiger partial charge on any atom is -0.492 e. The second-order valence-electron chi connectivity index (χ2n) is 6.90. The van der Waals surface area contributed by atoms with E-state index in [4.69, 9.17) is 21.4 Å². The zero-order valence-electron chi connectivity index (χ0n) is 15.0. The summed E-state index contributed by atoms with van der Waals surface area (Å²) in [6, 6.07) is 5.84. The molecule has 0 spiro atoms. The van der Waals surface area contributed by atoms with Gasteiger partial charge in [-0.1, -0.05) is 43.0 Å². The van der Waals surface area contributed by atoms with Gasteiger partial charge in [0.2, 0.25) is 0 Å². The smallest absolute Gasteiger partial charge is 0.303 e. The third-order valence-electron chi connectivity index (χ3n) is 5.00. The molecule has 1 heterocycles. The first-order valence-corrected chi connectivity index (χ1v) is 10.5. The number of aliphatic carboxylic acids is 1. The van der Waals surface area contributed by atoms with Gasteiger partial charge in [-0.25, -0.2) is 0 Å². The molecular weight excluding hydrogens is 384 g/mol. The third-order valence-corrected chi connectivity index (χ3v) is 6.38. The van der Waals surface area contributed by atoms with Crippen LogP contribution in [0.3, 0.4) is 0 Å². The summed E-state index contributed by atoms with van der Waals surface area (Å²) in [7, 11) is 0. The molecule has 1 aromatic carbocycles. The number of halogens is 1. The van der Waals surface area contributed by atoms with Crippen LogP contribution in [0.15, 0.2) is 35.7 Å². The minimum atomic E-state index is -0.739. The molecule has 27 heavy (non-hydrogen) atoms. The number of carbonyl (C=O) groups is 2. The van der Waals surface area contributed by atoms with Crippen molar-refractivity contribution in [1.82, 2.24) is 0 Å². The summed E-state index contributed by atoms with van der Waals surface area (Å²) in [5.74, 6) is 0.142. The largest absolute Gasteiger partial charge is 0.492 e. The average Bonchev–Trinajstić information content (AvgIpc) is 3.19. The van der Waals surface area contributed by atoms with Crippen molar-refractivity contribution in [1.29, 1.82) is 0 Å². The highest BCUT2D eigenvalue weighted by atomic mass is 35.5. The molecule has 0 saturated heterocycles. The van der Waals surface area contributed by atoms with Gasteiger partial charge in [-0.05, 0) is 37.0 Å². The number of carboxylic acid groups (broad SMARTS) is 1. The Kier molecular flexibility index (Phi) is 6.91. The van der Waals surface area contributed by atoms with Crippen LogP contribution in [0.5, 0.6) is 5.75 Å². The maximum Gasteiger partial charge on any atom is 0.303 e. The molecule has 144 valence electrons. The Morgan fingerprint density at radius 2 is 2.04 bits per heavy atom. The van der Waals surface area contributed by atoms with Crippen molar-refractivity contribution in [3.05, 3.63) is 40.8 Å². The van der Waals surface area contributed by atoms with Crippen molar-refractivity contribution in [2.45, 2.75) is 38.5 Å². The number of hydrogen-bond acceptors (Lipinski definition) is 4. The highest BCUT2D eigenvalue weighted by Crippen LogP contribution is 2.37. The van der Waals surface area contributed by atoms with E-state index in [1.54, 1.807) is 17.4 Å². The minimum absolute atomic E-state index is 0.120. The summed E-state index contributed by atoms with van der Waals surface area (Å²) in [6.07, 6.45) is 8.42. The van der Waals surface area contributed by atoms with Gasteiger partial charge in [0.25, 0.3) is 0 Å². The van der Waals surface area contributed by atoms with Crippen LogP contribution in [0.25, 0.3) is 10.1 Å². The molecule has 0 amide bonds. The van der Waals surface area contributed by atoms with E-state index in [1.807, 2.05) is 29.7 Å². The second kappa shape index (κ2) is 9.38. The van der Waals surface area contributed by atoms with Crippen LogP contribution in [0.4, 0.5) is 0 Å². The summed E-state index contributed by atoms with van der Waals surface area (Å²) in [5, 5.41) is 12.2. The van der Waals surface area contributed by atoms with Crippen molar-refractivity contribution in [3.63, 3.8) is 0 Å². The molecule has 0 unspecified atom stereocenters. The van der Waals surface area contributed by atoms with Crippen molar-refractivity contribution >= 4 is 44.8 Å². The molecular formula is C21H23ClO4S. The van der Waals surface area contributed by atoms with Crippen LogP contribution in [0.1, 0.15) is 38.5 Å². The first-order chi connectivity index (χ1) is 13.1. The van der Waals surface area contributed by atoms with Crippen LogP contribution in [-0.4, -0.2) is 23.5 Å². The first-order valence-electron chi connectivity index (χ1n) is 9.28. The molecule has 0 saturated carbocycles. The lowest BCUT2D eigenvalue weighted by atomic mass is 9.90. The van der Waals surface area contributed by atoms with E-state index in [0.717, 1.165) is 41.5 Å². The van der Waals surface area contributed by atoms with Crippen LogP contribution < -0.4 is 4.74 Å². The van der Waals surface area contributed by atoms with Gasteiger partial charge in [0.05, 0.1) is 22.9 Å². The lowest BCUT2D eigenvalue weighted by Crippen LogP contribution is -2.23. The number of rotatable bonds is 10. The lowest BCUT2D eigenvalue weighted by molar-refractivity contribution is -0.137. The van der Waals surface area contributed by atoms with E-state index in [0.29, 0.717) is 18.1 Å². The Labute approximate surface area is 167 Å². The molecule has 2 aromatic rings. The summed E-state index contributed by atoms with van der Waals surface area (Å²) in [5.41, 5.74) is 0. The molecule has 1 aromatic heterocycles. The summed E-state index contributed by atoms with van der Waals surface area (Å²) in [6.45, 7) is 0.348.